The highest BCUT2D eigenvalue weighted by Gasteiger charge is 2.22. The minimum absolute atomic E-state index is 0.0353. The molecule has 0 bridgehead atoms. The summed E-state index contributed by atoms with van der Waals surface area (Å²) in [7, 11) is 1.91. The van der Waals surface area contributed by atoms with Crippen molar-refractivity contribution in [2.75, 3.05) is 26.2 Å². The normalized spacial score (nSPS) is 16.7. The maximum Gasteiger partial charge on any atom is 0.289 e. The first kappa shape index (κ1) is 15.1. The van der Waals surface area contributed by atoms with E-state index in [2.05, 4.69) is 9.88 Å². The van der Waals surface area contributed by atoms with E-state index in [9.17, 15) is 4.79 Å². The zero-order valence-corrected chi connectivity index (χ0v) is 13.3. The summed E-state index contributed by atoms with van der Waals surface area (Å²) in [6, 6.07) is 3.45. The monoisotopic (exact) mass is 322 g/mol. The molecule has 1 aliphatic heterocycles. The third-order valence-corrected chi connectivity index (χ3v) is 4.35. The number of rotatable bonds is 3. The average Bonchev–Trinajstić information content (AvgIpc) is 3.08. The second-order valence-corrected chi connectivity index (χ2v) is 5.84. The van der Waals surface area contributed by atoms with E-state index in [1.807, 2.05) is 16.5 Å². The van der Waals surface area contributed by atoms with Crippen LogP contribution in [0.25, 0.3) is 0 Å². The molecule has 0 saturated carbocycles. The van der Waals surface area contributed by atoms with E-state index in [-0.39, 0.29) is 5.91 Å². The van der Waals surface area contributed by atoms with Gasteiger partial charge in [0.2, 0.25) is 0 Å². The molecule has 1 saturated heterocycles. The van der Waals surface area contributed by atoms with Crippen molar-refractivity contribution < 1.29 is 9.21 Å². The number of aromatic nitrogens is 2. The first-order chi connectivity index (χ1) is 10.6. The predicted octanol–water partition coefficient (Wildman–Crippen LogP) is 2.01. The van der Waals surface area contributed by atoms with Gasteiger partial charge in [-0.1, -0.05) is 11.6 Å². The lowest BCUT2D eigenvalue weighted by Crippen LogP contribution is -2.35. The molecule has 0 atom stereocenters. The van der Waals surface area contributed by atoms with Crippen LogP contribution in [0.1, 0.15) is 22.8 Å². The topological polar surface area (TPSA) is 54.5 Å². The lowest BCUT2D eigenvalue weighted by molar-refractivity contribution is 0.0729. The summed E-state index contributed by atoms with van der Waals surface area (Å²) in [5.74, 6) is 1.31. The molecule has 0 aliphatic carbocycles. The van der Waals surface area contributed by atoms with Gasteiger partial charge in [0.05, 0.1) is 19.0 Å². The molecule has 118 valence electrons. The minimum Gasteiger partial charge on any atom is -0.459 e. The van der Waals surface area contributed by atoms with Gasteiger partial charge in [0.1, 0.15) is 11.0 Å². The van der Waals surface area contributed by atoms with Gasteiger partial charge >= 0.3 is 0 Å². The second kappa shape index (κ2) is 6.54. The summed E-state index contributed by atoms with van der Waals surface area (Å²) in [5, 5.41) is 0.638. The average molecular weight is 323 g/mol. The van der Waals surface area contributed by atoms with E-state index in [0.29, 0.717) is 17.5 Å². The van der Waals surface area contributed by atoms with Gasteiger partial charge < -0.3 is 13.9 Å². The Hall–Kier alpha value is -1.79. The molecule has 1 amide bonds. The minimum atomic E-state index is -0.0353. The molecular formula is C15H19ClN4O2. The zero-order chi connectivity index (χ0) is 15.5. The van der Waals surface area contributed by atoms with Gasteiger partial charge in [0.15, 0.2) is 5.76 Å². The van der Waals surface area contributed by atoms with Crippen molar-refractivity contribution in [1.29, 1.82) is 0 Å². The lowest BCUT2D eigenvalue weighted by atomic mass is 10.3. The molecule has 2 aromatic rings. The van der Waals surface area contributed by atoms with E-state index in [1.165, 1.54) is 6.26 Å². The largest absolute Gasteiger partial charge is 0.459 e. The third-order valence-electron chi connectivity index (χ3n) is 4.00. The number of hydrogen-bond acceptors (Lipinski definition) is 4. The van der Waals surface area contributed by atoms with Crippen LogP contribution in [0.5, 0.6) is 0 Å². The number of hydrogen-bond donors (Lipinski definition) is 0. The SMILES string of the molecule is Cn1c(Cl)cnc1CN1CCCN(C(=O)c2ccco2)CC1. The fourth-order valence-electron chi connectivity index (χ4n) is 2.66. The van der Waals surface area contributed by atoms with Gasteiger partial charge in [0.25, 0.3) is 5.91 Å². The Bertz CT molecular complexity index is 638. The van der Waals surface area contributed by atoms with Gasteiger partial charge in [-0.15, -0.1) is 0 Å². The molecule has 7 heteroatoms. The van der Waals surface area contributed by atoms with Crippen molar-refractivity contribution in [1.82, 2.24) is 19.4 Å². The first-order valence-electron chi connectivity index (χ1n) is 7.36. The molecule has 0 radical (unpaired) electrons. The maximum atomic E-state index is 12.3. The van der Waals surface area contributed by atoms with Gasteiger partial charge in [-0.3, -0.25) is 9.69 Å². The first-order valence-corrected chi connectivity index (χ1v) is 7.74. The van der Waals surface area contributed by atoms with Crippen molar-refractivity contribution >= 4 is 17.5 Å². The van der Waals surface area contributed by atoms with E-state index < -0.39 is 0 Å². The molecule has 1 aliphatic rings. The fourth-order valence-corrected chi connectivity index (χ4v) is 2.81. The molecule has 1 fully saturated rings. The summed E-state index contributed by atoms with van der Waals surface area (Å²) in [6.45, 7) is 3.93. The van der Waals surface area contributed by atoms with E-state index in [0.717, 1.165) is 38.4 Å². The Morgan fingerprint density at radius 3 is 2.91 bits per heavy atom. The van der Waals surface area contributed by atoms with E-state index in [4.69, 9.17) is 16.0 Å². The molecule has 0 spiro atoms. The van der Waals surface area contributed by atoms with Crippen LogP contribution in [-0.4, -0.2) is 51.4 Å². The van der Waals surface area contributed by atoms with Crippen molar-refractivity contribution in [2.45, 2.75) is 13.0 Å². The van der Waals surface area contributed by atoms with Crippen LogP contribution in [0.4, 0.5) is 0 Å². The molecule has 3 rings (SSSR count). The number of furan rings is 1. The Balaban J connectivity index is 1.60. The van der Waals surface area contributed by atoms with Crippen LogP contribution in [0.2, 0.25) is 5.15 Å². The summed E-state index contributed by atoms with van der Waals surface area (Å²) in [5.41, 5.74) is 0. The maximum absolute atomic E-state index is 12.3. The number of carbonyl (C=O) groups is 1. The highest BCUT2D eigenvalue weighted by Crippen LogP contribution is 2.14. The molecule has 22 heavy (non-hydrogen) atoms. The van der Waals surface area contributed by atoms with Crippen LogP contribution in [0, 0.1) is 0 Å². The Morgan fingerprint density at radius 1 is 1.36 bits per heavy atom. The van der Waals surface area contributed by atoms with Crippen molar-refractivity contribution in [2.24, 2.45) is 7.05 Å². The van der Waals surface area contributed by atoms with Crippen LogP contribution in [-0.2, 0) is 13.6 Å². The molecular weight excluding hydrogens is 304 g/mol. The number of carbonyl (C=O) groups excluding carboxylic acids is 1. The highest BCUT2D eigenvalue weighted by molar-refractivity contribution is 6.29. The summed E-state index contributed by atoms with van der Waals surface area (Å²) >= 11 is 6.02. The van der Waals surface area contributed by atoms with E-state index in [1.54, 1.807) is 18.3 Å². The van der Waals surface area contributed by atoms with Gasteiger partial charge in [-0.25, -0.2) is 4.98 Å². The van der Waals surface area contributed by atoms with Crippen molar-refractivity contribution in [3.05, 3.63) is 41.3 Å². The quantitative estimate of drug-likeness (QED) is 0.867. The smallest absolute Gasteiger partial charge is 0.289 e. The Morgan fingerprint density at radius 2 is 2.23 bits per heavy atom. The molecule has 2 aromatic heterocycles. The van der Waals surface area contributed by atoms with Gasteiger partial charge in [-0.05, 0) is 18.6 Å². The van der Waals surface area contributed by atoms with Crippen LogP contribution < -0.4 is 0 Å². The second-order valence-electron chi connectivity index (χ2n) is 5.46. The van der Waals surface area contributed by atoms with E-state index >= 15 is 0 Å². The molecule has 6 nitrogen and oxygen atoms in total. The molecule has 0 N–H and O–H groups in total. The molecule has 3 heterocycles. The lowest BCUT2D eigenvalue weighted by Gasteiger charge is -2.21. The Kier molecular flexibility index (Phi) is 4.49. The molecule has 0 unspecified atom stereocenters. The van der Waals surface area contributed by atoms with Crippen molar-refractivity contribution in [3.63, 3.8) is 0 Å². The van der Waals surface area contributed by atoms with Crippen molar-refractivity contribution in [3.8, 4) is 0 Å². The predicted molar refractivity (Wildman–Crippen MR) is 82.7 cm³/mol. The van der Waals surface area contributed by atoms with Crippen LogP contribution >= 0.6 is 11.6 Å². The summed E-state index contributed by atoms with van der Waals surface area (Å²) in [6.07, 6.45) is 4.13. The molecule has 0 aromatic carbocycles. The standard InChI is InChI=1S/C15H19ClN4O2/c1-18-13(16)10-17-14(18)11-19-5-3-6-20(8-7-19)15(21)12-4-2-9-22-12/h2,4,9-10H,3,5-8,11H2,1H3. The number of imidazole rings is 1. The Labute approximate surface area is 134 Å². The van der Waals surface area contributed by atoms with Crippen LogP contribution in [0.3, 0.4) is 0 Å². The summed E-state index contributed by atoms with van der Waals surface area (Å²) < 4.78 is 7.08. The number of amides is 1. The summed E-state index contributed by atoms with van der Waals surface area (Å²) in [4.78, 5) is 20.8. The third kappa shape index (κ3) is 3.18. The highest BCUT2D eigenvalue weighted by atomic mass is 35.5. The van der Waals surface area contributed by atoms with Gasteiger partial charge in [0, 0.05) is 33.2 Å². The zero-order valence-electron chi connectivity index (χ0n) is 12.5. The fraction of sp³-hybridized carbons (Fsp3) is 0.467. The number of halogens is 1. The van der Waals surface area contributed by atoms with Crippen LogP contribution in [0.15, 0.2) is 29.0 Å². The number of nitrogens with zero attached hydrogens (tertiary/aromatic N) is 4. The van der Waals surface area contributed by atoms with Gasteiger partial charge in [-0.2, -0.15) is 0 Å².